The number of hydrogen-bond acceptors (Lipinski definition) is 5. The van der Waals surface area contributed by atoms with Crippen molar-refractivity contribution in [2.75, 3.05) is 13.7 Å². The van der Waals surface area contributed by atoms with Crippen molar-refractivity contribution in [3.8, 4) is 5.75 Å². The van der Waals surface area contributed by atoms with E-state index in [0.717, 1.165) is 24.2 Å². The van der Waals surface area contributed by atoms with Crippen LogP contribution in [0, 0.1) is 17.8 Å². The molecule has 0 aromatic heterocycles. The summed E-state index contributed by atoms with van der Waals surface area (Å²) in [5.41, 5.74) is 7.26. The Morgan fingerprint density at radius 3 is 2.58 bits per heavy atom. The van der Waals surface area contributed by atoms with Gasteiger partial charge in [0.25, 0.3) is 0 Å². The maximum atomic E-state index is 12.5. The predicted octanol–water partition coefficient (Wildman–Crippen LogP) is 2.01. The van der Waals surface area contributed by atoms with Gasteiger partial charge in [0, 0.05) is 19.0 Å². The first-order valence-corrected chi connectivity index (χ1v) is 9.40. The number of carbonyl (C=O) groups excluding carboxylic acids is 2. The molecule has 1 amide bonds. The van der Waals surface area contributed by atoms with Crippen molar-refractivity contribution in [3.05, 3.63) is 29.8 Å². The number of esters is 1. The Bertz CT molecular complexity index is 629. The molecule has 3 rings (SSSR count). The van der Waals surface area contributed by atoms with Crippen LogP contribution in [0.5, 0.6) is 5.75 Å². The molecule has 0 radical (unpaired) electrons. The lowest BCUT2D eigenvalue weighted by molar-refractivity contribution is -0.140. The fourth-order valence-electron chi connectivity index (χ4n) is 4.24. The predicted molar refractivity (Wildman–Crippen MR) is 97.3 cm³/mol. The molecule has 2 saturated carbocycles. The summed E-state index contributed by atoms with van der Waals surface area (Å²) in [6, 6.07) is 7.66. The van der Waals surface area contributed by atoms with Crippen LogP contribution in [0.1, 0.15) is 37.7 Å². The highest BCUT2D eigenvalue weighted by Crippen LogP contribution is 2.47. The Morgan fingerprint density at radius 1 is 1.19 bits per heavy atom. The quantitative estimate of drug-likeness (QED) is 0.547. The number of benzene rings is 1. The average Bonchev–Trinajstić information content (AvgIpc) is 3.25. The molecular weight excluding hydrogens is 332 g/mol. The minimum Gasteiger partial charge on any atom is -0.494 e. The number of rotatable bonds is 8. The summed E-state index contributed by atoms with van der Waals surface area (Å²) in [6.07, 6.45) is 4.40. The number of carbonyl (C=O) groups is 2. The fraction of sp³-hybridized carbons (Fsp3) is 0.600. The van der Waals surface area contributed by atoms with E-state index in [1.807, 2.05) is 24.3 Å². The molecule has 2 aliphatic rings. The van der Waals surface area contributed by atoms with Gasteiger partial charge in [0.1, 0.15) is 5.75 Å². The van der Waals surface area contributed by atoms with Crippen LogP contribution in [0.25, 0.3) is 0 Å². The zero-order valence-electron chi connectivity index (χ0n) is 15.3. The van der Waals surface area contributed by atoms with Gasteiger partial charge in [0.05, 0.1) is 19.6 Å². The van der Waals surface area contributed by atoms with E-state index in [2.05, 4.69) is 10.1 Å². The number of fused-ring (bicyclic) bond motifs is 2. The number of hydrogen-bond donors (Lipinski definition) is 2. The van der Waals surface area contributed by atoms with Crippen LogP contribution in [0.4, 0.5) is 0 Å². The summed E-state index contributed by atoms with van der Waals surface area (Å²) in [4.78, 5) is 23.5. The monoisotopic (exact) mass is 360 g/mol. The van der Waals surface area contributed by atoms with E-state index in [0.29, 0.717) is 37.8 Å². The molecule has 2 aliphatic carbocycles. The molecule has 1 aromatic rings. The first-order valence-electron chi connectivity index (χ1n) is 9.40. The van der Waals surface area contributed by atoms with Crippen molar-refractivity contribution in [3.63, 3.8) is 0 Å². The lowest BCUT2D eigenvalue weighted by Crippen LogP contribution is -2.45. The summed E-state index contributed by atoms with van der Waals surface area (Å²) in [6.45, 7) is 0.968. The molecule has 2 fully saturated rings. The second-order valence-electron chi connectivity index (χ2n) is 7.33. The molecule has 0 spiro atoms. The van der Waals surface area contributed by atoms with Crippen molar-refractivity contribution in [2.24, 2.45) is 23.5 Å². The first kappa shape index (κ1) is 18.7. The van der Waals surface area contributed by atoms with E-state index in [-0.39, 0.29) is 23.8 Å². The summed E-state index contributed by atoms with van der Waals surface area (Å²) >= 11 is 0. The lowest BCUT2D eigenvalue weighted by Gasteiger charge is -2.27. The van der Waals surface area contributed by atoms with Gasteiger partial charge in [0.2, 0.25) is 5.91 Å². The number of nitrogens with one attached hydrogen (secondary N) is 1. The first-order chi connectivity index (χ1) is 12.6. The molecular formula is C20H28N2O4. The highest BCUT2D eigenvalue weighted by Gasteiger charge is 2.48. The smallest absolute Gasteiger partial charge is 0.305 e. The Morgan fingerprint density at radius 2 is 1.92 bits per heavy atom. The minimum atomic E-state index is -0.227. The van der Waals surface area contributed by atoms with E-state index >= 15 is 0 Å². The molecule has 0 saturated heterocycles. The second kappa shape index (κ2) is 8.54. The van der Waals surface area contributed by atoms with Gasteiger partial charge in [-0.1, -0.05) is 12.1 Å². The van der Waals surface area contributed by atoms with Gasteiger partial charge in [-0.15, -0.1) is 0 Å². The van der Waals surface area contributed by atoms with Crippen LogP contribution in [0.15, 0.2) is 24.3 Å². The third kappa shape index (κ3) is 4.36. The summed E-state index contributed by atoms with van der Waals surface area (Å²) in [7, 11) is 1.38. The fourth-order valence-corrected chi connectivity index (χ4v) is 4.24. The maximum absolute atomic E-state index is 12.5. The summed E-state index contributed by atoms with van der Waals surface area (Å²) < 4.78 is 10.2. The van der Waals surface area contributed by atoms with Crippen molar-refractivity contribution >= 4 is 11.9 Å². The molecule has 6 nitrogen and oxygen atoms in total. The molecule has 1 aromatic carbocycles. The van der Waals surface area contributed by atoms with Gasteiger partial charge in [-0.3, -0.25) is 9.59 Å². The van der Waals surface area contributed by atoms with E-state index in [1.54, 1.807) is 0 Å². The topological polar surface area (TPSA) is 90.6 Å². The van der Waals surface area contributed by atoms with Gasteiger partial charge >= 0.3 is 5.97 Å². The van der Waals surface area contributed by atoms with Crippen molar-refractivity contribution in [1.82, 2.24) is 5.32 Å². The number of nitrogens with two attached hydrogens (primary N) is 1. The van der Waals surface area contributed by atoms with Crippen molar-refractivity contribution in [2.45, 2.75) is 44.7 Å². The molecule has 142 valence electrons. The third-order valence-corrected chi connectivity index (χ3v) is 5.70. The van der Waals surface area contributed by atoms with E-state index < -0.39 is 0 Å². The van der Waals surface area contributed by atoms with E-state index in [1.165, 1.54) is 13.5 Å². The Balaban J connectivity index is 1.40. The molecule has 2 bridgehead atoms. The van der Waals surface area contributed by atoms with Gasteiger partial charge in [-0.05, 0) is 55.2 Å². The van der Waals surface area contributed by atoms with Crippen LogP contribution >= 0.6 is 0 Å². The SMILES string of the molecule is COC(=O)CCCOc1ccc(CNC(=O)C2C3CCC(C3)C2N)cc1. The molecule has 26 heavy (non-hydrogen) atoms. The molecule has 3 N–H and O–H groups in total. The molecule has 0 aliphatic heterocycles. The zero-order valence-corrected chi connectivity index (χ0v) is 15.3. The number of amides is 1. The van der Waals surface area contributed by atoms with Gasteiger partial charge in [-0.25, -0.2) is 0 Å². The number of ether oxygens (including phenoxy) is 2. The van der Waals surface area contributed by atoms with Crippen LogP contribution in [0.2, 0.25) is 0 Å². The highest BCUT2D eigenvalue weighted by molar-refractivity contribution is 5.80. The van der Waals surface area contributed by atoms with Gasteiger partial charge in [0.15, 0.2) is 0 Å². The van der Waals surface area contributed by atoms with Gasteiger partial charge in [-0.2, -0.15) is 0 Å². The molecule has 4 unspecified atom stereocenters. The summed E-state index contributed by atoms with van der Waals surface area (Å²) in [5, 5.41) is 3.04. The Kier molecular flexibility index (Phi) is 6.14. The van der Waals surface area contributed by atoms with E-state index in [4.69, 9.17) is 10.5 Å². The van der Waals surface area contributed by atoms with Crippen LogP contribution in [0.3, 0.4) is 0 Å². The maximum Gasteiger partial charge on any atom is 0.305 e. The molecule has 0 heterocycles. The highest BCUT2D eigenvalue weighted by atomic mass is 16.5. The second-order valence-corrected chi connectivity index (χ2v) is 7.33. The van der Waals surface area contributed by atoms with Crippen LogP contribution < -0.4 is 15.8 Å². The Labute approximate surface area is 154 Å². The third-order valence-electron chi connectivity index (χ3n) is 5.70. The normalized spacial score (nSPS) is 26.5. The molecule has 6 heteroatoms. The van der Waals surface area contributed by atoms with Crippen molar-refractivity contribution in [1.29, 1.82) is 0 Å². The van der Waals surface area contributed by atoms with Crippen molar-refractivity contribution < 1.29 is 19.1 Å². The van der Waals surface area contributed by atoms with E-state index in [9.17, 15) is 9.59 Å². The number of methoxy groups -OCH3 is 1. The van der Waals surface area contributed by atoms with Crippen LogP contribution in [-0.4, -0.2) is 31.6 Å². The minimum absolute atomic E-state index is 0.0221. The largest absolute Gasteiger partial charge is 0.494 e. The standard InChI is InChI=1S/C20H28N2O4/c1-25-17(23)3-2-10-26-16-8-4-13(5-9-16)12-22-20(24)18-14-6-7-15(11-14)19(18)21/h4-5,8-9,14-15,18-19H,2-3,6-7,10-12,21H2,1H3,(H,22,24). The summed E-state index contributed by atoms with van der Waals surface area (Å²) in [5.74, 6) is 1.59. The average molecular weight is 360 g/mol. The molecule has 4 atom stereocenters. The van der Waals surface area contributed by atoms with Crippen LogP contribution in [-0.2, 0) is 20.9 Å². The lowest BCUT2D eigenvalue weighted by atomic mass is 9.84. The Hall–Kier alpha value is -2.08. The zero-order chi connectivity index (χ0) is 18.5. The van der Waals surface area contributed by atoms with Gasteiger partial charge < -0.3 is 20.5 Å².